The van der Waals surface area contributed by atoms with Crippen LogP contribution in [0.4, 0.5) is 0 Å². The summed E-state index contributed by atoms with van der Waals surface area (Å²) >= 11 is 0. The molecule has 1 fully saturated rings. The average molecular weight is 307 g/mol. The molecule has 1 amide bonds. The molecule has 1 N–H and O–H groups in total. The number of ether oxygens (including phenoxy) is 1. The summed E-state index contributed by atoms with van der Waals surface area (Å²) in [6.07, 6.45) is 4.32. The molecule has 1 unspecified atom stereocenters. The molecule has 4 rings (SSSR count). The third-order valence-corrected chi connectivity index (χ3v) is 4.18. The number of hydrogen-bond acceptors (Lipinski definition) is 3. The highest BCUT2D eigenvalue weighted by atomic mass is 16.5. The summed E-state index contributed by atoms with van der Waals surface area (Å²) in [7, 11) is 0. The monoisotopic (exact) mass is 307 g/mol. The predicted octanol–water partition coefficient (Wildman–Crippen LogP) is 2.86. The largest absolute Gasteiger partial charge is 0.472 e. The number of H-pyrrole nitrogens is 1. The van der Waals surface area contributed by atoms with Gasteiger partial charge in [0.25, 0.3) is 5.91 Å². The van der Waals surface area contributed by atoms with Gasteiger partial charge in [0.15, 0.2) is 0 Å². The molecule has 0 aliphatic carbocycles. The molecule has 3 heterocycles. The Morgan fingerprint density at radius 3 is 2.96 bits per heavy atom. The smallest absolute Gasteiger partial charge is 0.256 e. The molecule has 2 aromatic heterocycles. The predicted molar refractivity (Wildman–Crippen MR) is 87.5 cm³/mol. The van der Waals surface area contributed by atoms with Crippen molar-refractivity contribution in [1.82, 2.24) is 14.9 Å². The number of aromatic nitrogens is 2. The fourth-order valence-electron chi connectivity index (χ4n) is 3.02. The second kappa shape index (κ2) is 5.76. The molecule has 3 aromatic rings. The van der Waals surface area contributed by atoms with Gasteiger partial charge in [-0.25, -0.2) is 4.98 Å². The Morgan fingerprint density at radius 2 is 2.09 bits per heavy atom. The van der Waals surface area contributed by atoms with Crippen LogP contribution in [-0.4, -0.2) is 40.0 Å². The topological polar surface area (TPSA) is 58.2 Å². The fourth-order valence-corrected chi connectivity index (χ4v) is 3.02. The number of pyridine rings is 1. The molecule has 0 radical (unpaired) electrons. The molecule has 1 aliphatic heterocycles. The first kappa shape index (κ1) is 13.8. The number of benzene rings is 1. The number of hydrogen-bond donors (Lipinski definition) is 1. The zero-order valence-corrected chi connectivity index (χ0v) is 12.6. The van der Waals surface area contributed by atoms with Crippen LogP contribution in [0.25, 0.3) is 10.9 Å². The van der Waals surface area contributed by atoms with Crippen LogP contribution >= 0.6 is 0 Å². The molecule has 23 heavy (non-hydrogen) atoms. The van der Waals surface area contributed by atoms with Crippen LogP contribution < -0.4 is 4.74 Å². The van der Waals surface area contributed by atoms with E-state index in [-0.39, 0.29) is 12.0 Å². The Bertz CT molecular complexity index is 828. The molecule has 1 aromatic carbocycles. The zero-order chi connectivity index (χ0) is 15.6. The van der Waals surface area contributed by atoms with Crippen molar-refractivity contribution >= 4 is 16.8 Å². The zero-order valence-electron chi connectivity index (χ0n) is 12.6. The summed E-state index contributed by atoms with van der Waals surface area (Å²) < 4.78 is 5.85. The molecule has 1 saturated heterocycles. The highest BCUT2D eigenvalue weighted by molar-refractivity contribution is 6.06. The fraction of sp³-hybridized carbons (Fsp3) is 0.222. The SMILES string of the molecule is O=C(c1c[nH]c2ccccc12)N1CCC(Oc2ccccn2)C1. The number of amides is 1. The highest BCUT2D eigenvalue weighted by Crippen LogP contribution is 2.23. The number of fused-ring (bicyclic) bond motifs is 1. The van der Waals surface area contributed by atoms with Gasteiger partial charge in [-0.15, -0.1) is 0 Å². The van der Waals surface area contributed by atoms with Crippen LogP contribution in [0.5, 0.6) is 5.88 Å². The van der Waals surface area contributed by atoms with Crippen molar-refractivity contribution in [2.24, 2.45) is 0 Å². The van der Waals surface area contributed by atoms with Crippen molar-refractivity contribution in [3.05, 3.63) is 60.4 Å². The van der Waals surface area contributed by atoms with E-state index in [0.717, 1.165) is 22.9 Å². The number of carbonyl (C=O) groups is 1. The molecule has 1 aliphatic rings. The number of likely N-dealkylation sites (tertiary alicyclic amines) is 1. The number of nitrogens with one attached hydrogen (secondary N) is 1. The van der Waals surface area contributed by atoms with Gasteiger partial charge in [-0.2, -0.15) is 0 Å². The lowest BCUT2D eigenvalue weighted by atomic mass is 10.1. The van der Waals surface area contributed by atoms with E-state index in [2.05, 4.69) is 9.97 Å². The van der Waals surface area contributed by atoms with Crippen LogP contribution in [0.3, 0.4) is 0 Å². The van der Waals surface area contributed by atoms with Gasteiger partial charge in [0.05, 0.1) is 12.1 Å². The van der Waals surface area contributed by atoms with E-state index >= 15 is 0 Å². The van der Waals surface area contributed by atoms with Gasteiger partial charge in [0.1, 0.15) is 6.10 Å². The molecule has 0 bridgehead atoms. The average Bonchev–Trinajstić information content (AvgIpc) is 3.22. The van der Waals surface area contributed by atoms with E-state index < -0.39 is 0 Å². The van der Waals surface area contributed by atoms with Crippen molar-refractivity contribution in [2.45, 2.75) is 12.5 Å². The Morgan fingerprint density at radius 1 is 1.22 bits per heavy atom. The van der Waals surface area contributed by atoms with Crippen molar-refractivity contribution in [3.8, 4) is 5.88 Å². The van der Waals surface area contributed by atoms with E-state index in [9.17, 15) is 4.79 Å². The molecule has 1 atom stereocenters. The first-order chi connectivity index (χ1) is 11.3. The molecule has 116 valence electrons. The lowest BCUT2D eigenvalue weighted by Crippen LogP contribution is -2.30. The van der Waals surface area contributed by atoms with Crippen molar-refractivity contribution in [3.63, 3.8) is 0 Å². The first-order valence-electron chi connectivity index (χ1n) is 7.74. The van der Waals surface area contributed by atoms with Gasteiger partial charge >= 0.3 is 0 Å². The molecule has 0 spiro atoms. The Kier molecular flexibility index (Phi) is 3.46. The van der Waals surface area contributed by atoms with E-state index in [0.29, 0.717) is 19.0 Å². The minimum absolute atomic E-state index is 0.000874. The van der Waals surface area contributed by atoms with E-state index in [4.69, 9.17) is 4.74 Å². The van der Waals surface area contributed by atoms with Crippen LogP contribution in [0.1, 0.15) is 16.8 Å². The molecular weight excluding hydrogens is 290 g/mol. The molecule has 5 nitrogen and oxygen atoms in total. The van der Waals surface area contributed by atoms with Crippen LogP contribution in [0, 0.1) is 0 Å². The summed E-state index contributed by atoms with van der Waals surface area (Å²) in [5.41, 5.74) is 1.70. The second-order valence-corrected chi connectivity index (χ2v) is 5.70. The molecular formula is C18H17N3O2. The van der Waals surface area contributed by atoms with Crippen LogP contribution in [0.15, 0.2) is 54.9 Å². The maximum Gasteiger partial charge on any atom is 0.256 e. The highest BCUT2D eigenvalue weighted by Gasteiger charge is 2.29. The number of para-hydroxylation sites is 1. The first-order valence-corrected chi connectivity index (χ1v) is 7.74. The molecule has 5 heteroatoms. The third-order valence-electron chi connectivity index (χ3n) is 4.18. The van der Waals surface area contributed by atoms with Crippen LogP contribution in [0.2, 0.25) is 0 Å². The van der Waals surface area contributed by atoms with Crippen molar-refractivity contribution < 1.29 is 9.53 Å². The third kappa shape index (κ3) is 2.65. The van der Waals surface area contributed by atoms with Gasteiger partial charge in [-0.1, -0.05) is 24.3 Å². The summed E-state index contributed by atoms with van der Waals surface area (Å²) in [5.74, 6) is 0.661. The minimum atomic E-state index is -0.000874. The lowest BCUT2D eigenvalue weighted by molar-refractivity contribution is 0.0773. The van der Waals surface area contributed by atoms with Crippen molar-refractivity contribution in [1.29, 1.82) is 0 Å². The Balaban J connectivity index is 1.48. The van der Waals surface area contributed by atoms with Crippen LogP contribution in [-0.2, 0) is 0 Å². The van der Waals surface area contributed by atoms with Gasteiger partial charge in [-0.3, -0.25) is 4.79 Å². The number of aromatic amines is 1. The van der Waals surface area contributed by atoms with Gasteiger partial charge < -0.3 is 14.6 Å². The number of rotatable bonds is 3. The standard InChI is InChI=1S/C18H17N3O2/c22-18(15-11-20-16-6-2-1-5-14(15)16)21-10-8-13(12-21)23-17-7-3-4-9-19-17/h1-7,9,11,13,20H,8,10,12H2. The summed E-state index contributed by atoms with van der Waals surface area (Å²) in [5, 5.41) is 0.964. The van der Waals surface area contributed by atoms with Crippen molar-refractivity contribution in [2.75, 3.05) is 13.1 Å². The van der Waals surface area contributed by atoms with E-state index in [1.54, 1.807) is 12.4 Å². The lowest BCUT2D eigenvalue weighted by Gasteiger charge is -2.16. The maximum absolute atomic E-state index is 12.8. The van der Waals surface area contributed by atoms with E-state index in [1.807, 2.05) is 47.4 Å². The number of carbonyl (C=O) groups excluding carboxylic acids is 1. The Hall–Kier alpha value is -2.82. The summed E-state index contributed by atoms with van der Waals surface area (Å²) in [6.45, 7) is 1.30. The Labute approximate surface area is 133 Å². The summed E-state index contributed by atoms with van der Waals surface area (Å²) in [6, 6.07) is 13.4. The normalized spacial score (nSPS) is 17.6. The van der Waals surface area contributed by atoms with Gasteiger partial charge in [-0.05, 0) is 12.1 Å². The minimum Gasteiger partial charge on any atom is -0.472 e. The summed E-state index contributed by atoms with van der Waals surface area (Å²) in [4.78, 5) is 21.9. The second-order valence-electron chi connectivity index (χ2n) is 5.70. The maximum atomic E-state index is 12.8. The van der Waals surface area contributed by atoms with Gasteiger partial charge in [0.2, 0.25) is 5.88 Å². The molecule has 0 saturated carbocycles. The number of nitrogens with zero attached hydrogens (tertiary/aromatic N) is 2. The quantitative estimate of drug-likeness (QED) is 0.809. The van der Waals surface area contributed by atoms with Gasteiger partial charge in [0, 0.05) is 42.3 Å². The van der Waals surface area contributed by atoms with E-state index in [1.165, 1.54) is 0 Å².